The normalized spacial score (nSPS) is 14.2. The SMILES string of the molecule is Cc1cnc(-c2cc(F)cc(OCC(=O)NC3CC3)c2)nc1Nc1ccc2c(c1)C=NC2. The van der Waals surface area contributed by atoms with Gasteiger partial charge in [0, 0.05) is 41.3 Å². The van der Waals surface area contributed by atoms with E-state index in [2.05, 4.69) is 25.6 Å². The van der Waals surface area contributed by atoms with E-state index in [1.807, 2.05) is 31.3 Å². The summed E-state index contributed by atoms with van der Waals surface area (Å²) in [5.41, 5.74) is 4.47. The van der Waals surface area contributed by atoms with Crippen LogP contribution in [-0.4, -0.2) is 34.7 Å². The highest BCUT2D eigenvalue weighted by molar-refractivity contribution is 5.86. The van der Waals surface area contributed by atoms with E-state index >= 15 is 0 Å². The van der Waals surface area contributed by atoms with E-state index in [0.29, 0.717) is 23.8 Å². The van der Waals surface area contributed by atoms with Crippen LogP contribution in [-0.2, 0) is 11.3 Å². The minimum Gasteiger partial charge on any atom is -0.484 e. The molecule has 2 aliphatic rings. The predicted octanol–water partition coefficient (Wildman–Crippen LogP) is 3.92. The molecule has 3 aromatic rings. The number of carbonyl (C=O) groups excluding carboxylic acids is 1. The van der Waals surface area contributed by atoms with Crippen LogP contribution in [0.1, 0.15) is 29.5 Å². The molecule has 0 atom stereocenters. The van der Waals surface area contributed by atoms with Gasteiger partial charge in [-0.1, -0.05) is 6.07 Å². The van der Waals surface area contributed by atoms with Gasteiger partial charge in [0.15, 0.2) is 12.4 Å². The first-order valence-corrected chi connectivity index (χ1v) is 10.5. The number of anilines is 2. The number of aryl methyl sites for hydroxylation is 1. The van der Waals surface area contributed by atoms with Gasteiger partial charge >= 0.3 is 0 Å². The Morgan fingerprint density at radius 2 is 2.09 bits per heavy atom. The fourth-order valence-corrected chi connectivity index (χ4v) is 3.44. The number of amides is 1. The van der Waals surface area contributed by atoms with Crippen molar-refractivity contribution in [2.45, 2.75) is 32.4 Å². The molecule has 2 N–H and O–H groups in total. The van der Waals surface area contributed by atoms with E-state index in [1.165, 1.54) is 17.7 Å². The van der Waals surface area contributed by atoms with Crippen molar-refractivity contribution in [3.63, 3.8) is 0 Å². The quantitative estimate of drug-likeness (QED) is 0.592. The monoisotopic (exact) mass is 431 g/mol. The van der Waals surface area contributed by atoms with Crippen LogP contribution >= 0.6 is 0 Å². The molecule has 0 unspecified atom stereocenters. The lowest BCUT2D eigenvalue weighted by molar-refractivity contribution is -0.123. The number of halogens is 1. The van der Waals surface area contributed by atoms with Crippen LogP contribution in [0.25, 0.3) is 11.4 Å². The van der Waals surface area contributed by atoms with E-state index in [-0.39, 0.29) is 24.3 Å². The molecule has 1 saturated carbocycles. The van der Waals surface area contributed by atoms with Crippen LogP contribution in [0.3, 0.4) is 0 Å². The topological polar surface area (TPSA) is 88.5 Å². The number of aliphatic imine (C=N–C) groups is 1. The molecule has 1 aliphatic heterocycles. The lowest BCUT2D eigenvalue weighted by atomic mass is 10.1. The second-order valence-electron chi connectivity index (χ2n) is 8.04. The Kier molecular flexibility index (Phi) is 5.26. The number of nitrogens with zero attached hydrogens (tertiary/aromatic N) is 3. The summed E-state index contributed by atoms with van der Waals surface area (Å²) >= 11 is 0. The highest BCUT2D eigenvalue weighted by Gasteiger charge is 2.23. The Morgan fingerprint density at radius 3 is 2.94 bits per heavy atom. The number of nitrogens with one attached hydrogen (secondary N) is 2. The average Bonchev–Trinajstić information content (AvgIpc) is 3.46. The maximum absolute atomic E-state index is 14.2. The van der Waals surface area contributed by atoms with E-state index in [0.717, 1.165) is 29.7 Å². The third-order valence-corrected chi connectivity index (χ3v) is 5.31. The first-order chi connectivity index (χ1) is 15.5. The van der Waals surface area contributed by atoms with Crippen LogP contribution in [0, 0.1) is 12.7 Å². The molecule has 7 nitrogen and oxygen atoms in total. The number of hydrogen-bond donors (Lipinski definition) is 2. The lowest BCUT2D eigenvalue weighted by Gasteiger charge is -2.12. The Bertz CT molecular complexity index is 1220. The average molecular weight is 431 g/mol. The summed E-state index contributed by atoms with van der Waals surface area (Å²) in [6, 6.07) is 10.5. The van der Waals surface area contributed by atoms with Crippen molar-refractivity contribution < 1.29 is 13.9 Å². The maximum atomic E-state index is 14.2. The molecule has 0 saturated heterocycles. The molecule has 0 spiro atoms. The maximum Gasteiger partial charge on any atom is 0.258 e. The van der Waals surface area contributed by atoms with E-state index in [1.54, 1.807) is 12.3 Å². The van der Waals surface area contributed by atoms with Crippen LogP contribution in [0.2, 0.25) is 0 Å². The lowest BCUT2D eigenvalue weighted by Crippen LogP contribution is -2.30. The Balaban J connectivity index is 1.35. The number of fused-ring (bicyclic) bond motifs is 1. The van der Waals surface area contributed by atoms with Gasteiger partial charge in [0.05, 0.1) is 6.54 Å². The Morgan fingerprint density at radius 1 is 1.22 bits per heavy atom. The van der Waals surface area contributed by atoms with Gasteiger partial charge in [-0.25, -0.2) is 14.4 Å². The summed E-state index contributed by atoms with van der Waals surface area (Å²) in [5, 5.41) is 6.15. The van der Waals surface area contributed by atoms with E-state index < -0.39 is 5.82 Å². The summed E-state index contributed by atoms with van der Waals surface area (Å²) in [5.74, 6) is 0.531. The van der Waals surface area contributed by atoms with Gasteiger partial charge < -0.3 is 15.4 Å². The standard InChI is InChI=1S/C24H22FN5O2/c1-14-10-27-24(30-23(14)29-20-3-2-15-11-26-12-17(15)7-20)16-6-18(25)9-21(8-16)32-13-22(31)28-19-4-5-19/h2-3,6-10,12,19H,4-5,11,13H2,1H3,(H,28,31)(H,27,29,30). The van der Waals surface area contributed by atoms with Crippen molar-refractivity contribution in [2.24, 2.45) is 4.99 Å². The third kappa shape index (κ3) is 4.59. The van der Waals surface area contributed by atoms with Crippen LogP contribution in [0.4, 0.5) is 15.9 Å². The molecule has 1 aromatic heterocycles. The number of rotatable bonds is 7. The molecule has 1 aliphatic carbocycles. The van der Waals surface area contributed by atoms with Crippen molar-refractivity contribution in [1.29, 1.82) is 0 Å². The molecule has 32 heavy (non-hydrogen) atoms. The van der Waals surface area contributed by atoms with Crippen LogP contribution in [0.5, 0.6) is 5.75 Å². The van der Waals surface area contributed by atoms with Crippen molar-refractivity contribution in [3.8, 4) is 17.1 Å². The molecule has 2 heterocycles. The number of carbonyl (C=O) groups is 1. The van der Waals surface area contributed by atoms with Gasteiger partial charge in [0.2, 0.25) is 0 Å². The Hall–Kier alpha value is -3.81. The highest BCUT2D eigenvalue weighted by atomic mass is 19.1. The number of benzene rings is 2. The van der Waals surface area contributed by atoms with Crippen LogP contribution < -0.4 is 15.4 Å². The summed E-state index contributed by atoms with van der Waals surface area (Å²) in [7, 11) is 0. The van der Waals surface area contributed by atoms with Crippen molar-refractivity contribution >= 4 is 23.6 Å². The minimum atomic E-state index is -0.489. The molecule has 5 rings (SSSR count). The van der Waals surface area contributed by atoms with Gasteiger partial charge in [-0.05, 0) is 55.2 Å². The molecule has 2 aromatic carbocycles. The number of hydrogen-bond acceptors (Lipinski definition) is 6. The predicted molar refractivity (Wildman–Crippen MR) is 120 cm³/mol. The summed E-state index contributed by atoms with van der Waals surface area (Å²) < 4.78 is 19.7. The molecular formula is C24H22FN5O2. The zero-order chi connectivity index (χ0) is 22.1. The second-order valence-corrected chi connectivity index (χ2v) is 8.04. The van der Waals surface area contributed by atoms with Crippen LogP contribution in [0.15, 0.2) is 47.6 Å². The molecule has 1 fully saturated rings. The summed E-state index contributed by atoms with van der Waals surface area (Å²) in [4.78, 5) is 25.1. The summed E-state index contributed by atoms with van der Waals surface area (Å²) in [6.45, 7) is 2.45. The Labute approximate surface area is 184 Å². The molecule has 1 amide bonds. The van der Waals surface area contributed by atoms with Gasteiger partial charge in [0.25, 0.3) is 5.91 Å². The van der Waals surface area contributed by atoms with Gasteiger partial charge in [-0.2, -0.15) is 0 Å². The van der Waals surface area contributed by atoms with Gasteiger partial charge in [-0.3, -0.25) is 9.79 Å². The number of ether oxygens (including phenoxy) is 1. The molecule has 0 bridgehead atoms. The summed E-state index contributed by atoms with van der Waals surface area (Å²) in [6.07, 6.45) is 5.54. The zero-order valence-electron chi connectivity index (χ0n) is 17.6. The third-order valence-electron chi connectivity index (χ3n) is 5.31. The van der Waals surface area contributed by atoms with Crippen molar-refractivity contribution in [1.82, 2.24) is 15.3 Å². The van der Waals surface area contributed by atoms with E-state index in [4.69, 9.17) is 4.74 Å². The van der Waals surface area contributed by atoms with Crippen molar-refractivity contribution in [3.05, 3.63) is 65.1 Å². The number of aromatic nitrogens is 2. The minimum absolute atomic E-state index is 0.164. The van der Waals surface area contributed by atoms with Gasteiger partial charge in [-0.15, -0.1) is 0 Å². The first kappa shape index (κ1) is 20.1. The van der Waals surface area contributed by atoms with Crippen molar-refractivity contribution in [2.75, 3.05) is 11.9 Å². The largest absolute Gasteiger partial charge is 0.484 e. The molecular weight excluding hydrogens is 409 g/mol. The smallest absolute Gasteiger partial charge is 0.258 e. The second kappa shape index (κ2) is 8.37. The highest BCUT2D eigenvalue weighted by Crippen LogP contribution is 2.27. The fraction of sp³-hybridized carbons (Fsp3) is 0.250. The zero-order valence-corrected chi connectivity index (χ0v) is 17.6. The molecule has 8 heteroatoms. The first-order valence-electron chi connectivity index (χ1n) is 10.5. The molecule has 162 valence electrons. The fourth-order valence-electron chi connectivity index (χ4n) is 3.44. The van der Waals surface area contributed by atoms with E-state index in [9.17, 15) is 9.18 Å². The molecule has 0 radical (unpaired) electrons. The van der Waals surface area contributed by atoms with Gasteiger partial charge in [0.1, 0.15) is 17.4 Å².